The average Bonchev–Trinajstić information content (AvgIpc) is 3.04. The van der Waals surface area contributed by atoms with Gasteiger partial charge in [0.1, 0.15) is 12.1 Å². The van der Waals surface area contributed by atoms with Crippen LogP contribution in [-0.4, -0.2) is 88.5 Å². The molecule has 0 saturated carbocycles. The molecule has 1 atom stereocenters. The van der Waals surface area contributed by atoms with Gasteiger partial charge in [0.15, 0.2) is 5.69 Å². The quantitative estimate of drug-likeness (QED) is 0.207. The number of piperidine rings is 1. The van der Waals surface area contributed by atoms with Gasteiger partial charge in [0.05, 0.1) is 5.69 Å². The Morgan fingerprint density at radius 3 is 2.43 bits per heavy atom. The number of carbonyl (C=O) groups excluding carboxylic acids is 4. The number of amides is 4. The minimum Gasteiger partial charge on any atom is -0.481 e. The van der Waals surface area contributed by atoms with Crippen molar-refractivity contribution in [2.75, 3.05) is 38.5 Å². The van der Waals surface area contributed by atoms with Crippen LogP contribution in [0.2, 0.25) is 0 Å². The van der Waals surface area contributed by atoms with E-state index in [1.807, 2.05) is 38.1 Å². The second-order valence-electron chi connectivity index (χ2n) is 12.7. The zero-order valence-electron chi connectivity index (χ0n) is 30.1. The van der Waals surface area contributed by atoms with Crippen molar-refractivity contribution in [3.05, 3.63) is 47.8 Å². The van der Waals surface area contributed by atoms with E-state index in [9.17, 15) is 24.0 Å². The van der Waals surface area contributed by atoms with E-state index in [1.165, 1.54) is 4.90 Å². The Morgan fingerprint density at radius 2 is 1.80 bits per heavy atom. The van der Waals surface area contributed by atoms with Crippen LogP contribution < -0.4 is 10.6 Å². The number of anilines is 1. The number of carboxylic acid groups (broad SMARTS) is 1. The lowest BCUT2D eigenvalue weighted by Gasteiger charge is -2.33. The third-order valence-electron chi connectivity index (χ3n) is 7.62. The lowest BCUT2D eigenvalue weighted by atomic mass is 9.96. The molecule has 0 bridgehead atoms. The van der Waals surface area contributed by atoms with E-state index in [-0.39, 0.29) is 62.6 Å². The van der Waals surface area contributed by atoms with E-state index >= 15 is 0 Å². The first-order chi connectivity index (χ1) is 22.8. The number of aryl methyl sites for hydroxylation is 1. The zero-order chi connectivity index (χ0) is 35.9. The molecule has 1 aliphatic rings. The number of unbranched alkanes of at least 4 members (excludes halogenated alkanes) is 2. The maximum atomic E-state index is 13.5. The molecular formula is C36H55N5O7S. The van der Waals surface area contributed by atoms with Crippen LogP contribution in [0.3, 0.4) is 0 Å². The Labute approximate surface area is 297 Å². The maximum Gasteiger partial charge on any atom is 0.410 e. The van der Waals surface area contributed by atoms with Gasteiger partial charge in [-0.1, -0.05) is 51.5 Å². The number of aromatic nitrogens is 1. The summed E-state index contributed by atoms with van der Waals surface area (Å²) < 4.78 is 5.59. The van der Waals surface area contributed by atoms with Crippen molar-refractivity contribution >= 4 is 49.0 Å². The van der Waals surface area contributed by atoms with E-state index in [0.29, 0.717) is 44.3 Å². The van der Waals surface area contributed by atoms with Crippen molar-refractivity contribution in [2.45, 2.75) is 92.1 Å². The third-order valence-corrected chi connectivity index (χ3v) is 7.62. The number of ether oxygens (including phenoxy) is 1. The highest BCUT2D eigenvalue weighted by Crippen LogP contribution is 2.26. The van der Waals surface area contributed by atoms with Gasteiger partial charge in [-0.3, -0.25) is 24.1 Å². The summed E-state index contributed by atoms with van der Waals surface area (Å²) in [5.74, 6) is -2.04. The van der Waals surface area contributed by atoms with Gasteiger partial charge in [0.2, 0.25) is 11.8 Å². The Balaban J connectivity index is 0.00000393. The van der Waals surface area contributed by atoms with Crippen LogP contribution in [0.1, 0.15) is 96.1 Å². The highest BCUT2D eigenvalue weighted by Gasteiger charge is 2.30. The number of benzene rings is 1. The van der Waals surface area contributed by atoms with Crippen LogP contribution in [0.15, 0.2) is 36.5 Å². The molecule has 1 aromatic carbocycles. The number of aliphatic carboxylic acids is 1. The molecule has 2 aromatic rings. The molecule has 1 aromatic heterocycles. The topological polar surface area (TPSA) is 158 Å². The zero-order valence-corrected chi connectivity index (χ0v) is 31.1. The molecular weight excluding hydrogens is 646 g/mol. The smallest absolute Gasteiger partial charge is 0.410 e. The van der Waals surface area contributed by atoms with Crippen molar-refractivity contribution in [1.82, 2.24) is 20.1 Å². The lowest BCUT2D eigenvalue weighted by molar-refractivity contribution is -0.137. The summed E-state index contributed by atoms with van der Waals surface area (Å²) in [4.78, 5) is 70.4. The van der Waals surface area contributed by atoms with Crippen molar-refractivity contribution in [3.8, 4) is 11.1 Å². The van der Waals surface area contributed by atoms with Crippen molar-refractivity contribution in [2.24, 2.45) is 5.92 Å². The fourth-order valence-corrected chi connectivity index (χ4v) is 5.10. The molecule has 1 aliphatic heterocycles. The second kappa shape index (κ2) is 21.1. The molecule has 3 rings (SSSR count). The largest absolute Gasteiger partial charge is 0.481 e. The van der Waals surface area contributed by atoms with Crippen LogP contribution in [0, 0.1) is 5.92 Å². The van der Waals surface area contributed by atoms with Crippen molar-refractivity contribution in [3.63, 3.8) is 0 Å². The monoisotopic (exact) mass is 701 g/mol. The number of hydrogen-bond donors (Lipinski definition) is 3. The van der Waals surface area contributed by atoms with E-state index in [0.717, 1.165) is 17.5 Å². The highest BCUT2D eigenvalue weighted by atomic mass is 32.1. The number of hydrogen-bond acceptors (Lipinski definition) is 7. The predicted molar refractivity (Wildman–Crippen MR) is 196 cm³/mol. The summed E-state index contributed by atoms with van der Waals surface area (Å²) in [6.45, 7) is 12.0. The predicted octanol–water partition coefficient (Wildman–Crippen LogP) is 5.87. The molecule has 12 nitrogen and oxygen atoms in total. The second-order valence-corrected chi connectivity index (χ2v) is 12.7. The summed E-state index contributed by atoms with van der Waals surface area (Å²) in [5, 5.41) is 14.4. The molecule has 1 saturated heterocycles. The van der Waals surface area contributed by atoms with Gasteiger partial charge in [-0.2, -0.15) is 13.5 Å². The molecule has 49 heavy (non-hydrogen) atoms. The number of carbonyl (C=O) groups is 5. The van der Waals surface area contributed by atoms with Gasteiger partial charge in [0, 0.05) is 51.3 Å². The summed E-state index contributed by atoms with van der Waals surface area (Å²) in [5.41, 5.74) is 2.09. The SMILES string of the molecule is CC.CCc1cccc(-c2cnc(C(=O)NCCCCCC(=O)O)c(NC(=O)CN(CC3CCN(C)C(=O)C3)C(=O)OC(C)(C)C)c2)c1.S. The van der Waals surface area contributed by atoms with E-state index in [2.05, 4.69) is 22.5 Å². The molecule has 0 aliphatic carbocycles. The van der Waals surface area contributed by atoms with Gasteiger partial charge in [-0.15, -0.1) is 0 Å². The van der Waals surface area contributed by atoms with Crippen molar-refractivity contribution in [1.29, 1.82) is 0 Å². The van der Waals surface area contributed by atoms with Crippen LogP contribution >= 0.6 is 13.5 Å². The third kappa shape index (κ3) is 14.9. The van der Waals surface area contributed by atoms with Crippen LogP contribution in [0.5, 0.6) is 0 Å². The first-order valence-corrected chi connectivity index (χ1v) is 16.9. The number of nitrogens with one attached hydrogen (secondary N) is 2. The summed E-state index contributed by atoms with van der Waals surface area (Å²) >= 11 is 0. The van der Waals surface area contributed by atoms with E-state index < -0.39 is 29.5 Å². The highest BCUT2D eigenvalue weighted by molar-refractivity contribution is 7.59. The minimum absolute atomic E-state index is 0. The van der Waals surface area contributed by atoms with Gasteiger partial charge in [-0.25, -0.2) is 9.78 Å². The standard InChI is InChI=1S/C34H47N5O7.C2H6.H2S/c1-6-23-11-10-12-25(17-23)26-19-27(31(36-20-26)32(44)35-15-9-7-8-13-30(42)43)37-28(40)22-39(33(45)46-34(2,3)4)21-24-14-16-38(5)29(41)18-24;1-2;/h10-12,17,19-20,24H,6-9,13-16,18,21-22H2,1-5H3,(H,35,44)(H,37,40)(H,42,43);1-2H3;1H2. The van der Waals surface area contributed by atoms with Crippen molar-refractivity contribution < 1.29 is 33.8 Å². The van der Waals surface area contributed by atoms with E-state index in [4.69, 9.17) is 9.84 Å². The molecule has 13 heteroatoms. The first-order valence-electron chi connectivity index (χ1n) is 16.9. The van der Waals surface area contributed by atoms with Crippen LogP contribution in [0.4, 0.5) is 10.5 Å². The van der Waals surface area contributed by atoms with E-state index in [1.54, 1.807) is 45.0 Å². The number of likely N-dealkylation sites (tertiary alicyclic amines) is 1. The Kier molecular flexibility index (Phi) is 18.4. The molecule has 1 fully saturated rings. The normalized spacial score (nSPS) is 14.1. The van der Waals surface area contributed by atoms with Gasteiger partial charge in [-0.05, 0) is 69.6 Å². The Morgan fingerprint density at radius 1 is 1.08 bits per heavy atom. The molecule has 0 radical (unpaired) electrons. The number of nitrogens with zero attached hydrogens (tertiary/aromatic N) is 3. The summed E-state index contributed by atoms with van der Waals surface area (Å²) in [6.07, 6.45) is 4.51. The van der Waals surface area contributed by atoms with Gasteiger partial charge < -0.3 is 25.4 Å². The minimum atomic E-state index is -0.858. The first kappa shape index (κ1) is 42.9. The van der Waals surface area contributed by atoms with Crippen LogP contribution in [0.25, 0.3) is 11.1 Å². The summed E-state index contributed by atoms with van der Waals surface area (Å²) in [6, 6.07) is 9.58. The average molecular weight is 702 g/mol. The van der Waals surface area contributed by atoms with Gasteiger partial charge in [0.25, 0.3) is 5.91 Å². The number of carboxylic acids is 1. The fourth-order valence-electron chi connectivity index (χ4n) is 5.10. The molecule has 4 amide bonds. The Hall–Kier alpha value is -4.13. The summed E-state index contributed by atoms with van der Waals surface area (Å²) in [7, 11) is 1.74. The number of pyridine rings is 1. The molecule has 2 heterocycles. The fraction of sp³-hybridized carbons (Fsp3) is 0.556. The van der Waals surface area contributed by atoms with Crippen LogP contribution in [-0.2, 0) is 25.5 Å². The molecule has 272 valence electrons. The molecule has 1 unspecified atom stereocenters. The maximum absolute atomic E-state index is 13.5. The lowest BCUT2D eigenvalue weighted by Crippen LogP contribution is -2.46. The van der Waals surface area contributed by atoms with Gasteiger partial charge >= 0.3 is 12.1 Å². The molecule has 0 spiro atoms. The molecule has 3 N–H and O–H groups in total. The number of rotatable bonds is 14. The Bertz CT molecular complexity index is 1410.